The van der Waals surface area contributed by atoms with E-state index in [1.807, 2.05) is 61.5 Å². The van der Waals surface area contributed by atoms with Crippen molar-refractivity contribution in [2.45, 2.75) is 39.3 Å². The predicted octanol–water partition coefficient (Wildman–Crippen LogP) is 6.56. The Morgan fingerprint density at radius 2 is 1.79 bits per heavy atom. The second kappa shape index (κ2) is 11.1. The standard InChI is InChI=1S/C30H30BrN5OS/c1-19-11-13-22(14-12-19)33-27(37)15-17-35-29(28(34-30(35)38)25-9-6-7-16-32-25)23-18-20(2)36(21(23)3)26-10-5-4-8-24(26)31/h4-14,16,18,28-29H,15,17H2,1-3H3,(H,33,37)(H,34,38). The number of pyridine rings is 1. The first-order chi connectivity index (χ1) is 18.3. The number of nitrogens with one attached hydrogen (secondary N) is 2. The van der Waals surface area contributed by atoms with Gasteiger partial charge in [0, 0.05) is 40.7 Å². The number of carbonyl (C=O) groups excluding carboxylic acids is 1. The lowest BCUT2D eigenvalue weighted by molar-refractivity contribution is -0.116. The first kappa shape index (κ1) is 26.1. The summed E-state index contributed by atoms with van der Waals surface area (Å²) in [6.07, 6.45) is 2.11. The number of carbonyl (C=O) groups is 1. The van der Waals surface area contributed by atoms with Crippen LogP contribution in [0.1, 0.15) is 46.7 Å². The Kier molecular flexibility index (Phi) is 7.63. The fourth-order valence-electron chi connectivity index (χ4n) is 5.16. The van der Waals surface area contributed by atoms with Crippen molar-refractivity contribution >= 4 is 44.9 Å². The molecule has 2 aromatic carbocycles. The zero-order chi connectivity index (χ0) is 26.8. The number of para-hydroxylation sites is 1. The van der Waals surface area contributed by atoms with Gasteiger partial charge >= 0.3 is 0 Å². The Hall–Kier alpha value is -3.49. The van der Waals surface area contributed by atoms with Crippen LogP contribution < -0.4 is 10.6 Å². The highest BCUT2D eigenvalue weighted by Gasteiger charge is 2.41. The number of amides is 1. The molecule has 0 spiro atoms. The van der Waals surface area contributed by atoms with Gasteiger partial charge in [-0.2, -0.15) is 0 Å². The number of rotatable bonds is 7. The van der Waals surface area contributed by atoms with E-state index in [-0.39, 0.29) is 18.0 Å². The molecule has 3 heterocycles. The van der Waals surface area contributed by atoms with Gasteiger partial charge in [0.1, 0.15) is 0 Å². The summed E-state index contributed by atoms with van der Waals surface area (Å²) in [7, 11) is 0. The Labute approximate surface area is 237 Å². The topological polar surface area (TPSA) is 62.2 Å². The first-order valence-corrected chi connectivity index (χ1v) is 13.8. The van der Waals surface area contributed by atoms with Crippen LogP contribution in [0.15, 0.2) is 83.5 Å². The van der Waals surface area contributed by atoms with Gasteiger partial charge in [-0.05, 0) is 96.9 Å². The van der Waals surface area contributed by atoms with E-state index >= 15 is 0 Å². The second-order valence-electron chi connectivity index (χ2n) is 9.60. The van der Waals surface area contributed by atoms with Crippen LogP contribution >= 0.6 is 28.1 Å². The zero-order valence-electron chi connectivity index (χ0n) is 21.6. The van der Waals surface area contributed by atoms with Gasteiger partial charge in [0.2, 0.25) is 5.91 Å². The summed E-state index contributed by atoms with van der Waals surface area (Å²) < 4.78 is 3.29. The molecule has 0 radical (unpaired) electrons. The maximum atomic E-state index is 12.9. The molecule has 8 heteroatoms. The summed E-state index contributed by atoms with van der Waals surface area (Å²) in [6.45, 7) is 6.77. The third kappa shape index (κ3) is 5.24. The average molecular weight is 589 g/mol. The summed E-state index contributed by atoms with van der Waals surface area (Å²) in [5, 5.41) is 7.13. The Bertz CT molecular complexity index is 1470. The molecule has 1 fully saturated rings. The number of hydrogen-bond acceptors (Lipinski definition) is 3. The number of anilines is 1. The van der Waals surface area contributed by atoms with Crippen LogP contribution in [0.25, 0.3) is 5.69 Å². The van der Waals surface area contributed by atoms with Crippen LogP contribution in [0.2, 0.25) is 0 Å². The molecule has 2 unspecified atom stereocenters. The van der Waals surface area contributed by atoms with Gasteiger partial charge in [-0.25, -0.2) is 0 Å². The molecule has 2 N–H and O–H groups in total. The van der Waals surface area contributed by atoms with Gasteiger partial charge in [0.05, 0.1) is 23.5 Å². The van der Waals surface area contributed by atoms with Crippen LogP contribution in [-0.2, 0) is 4.79 Å². The first-order valence-electron chi connectivity index (χ1n) is 12.6. The fourth-order valence-corrected chi connectivity index (χ4v) is 5.95. The van der Waals surface area contributed by atoms with E-state index < -0.39 is 0 Å². The number of nitrogens with zero attached hydrogens (tertiary/aromatic N) is 3. The van der Waals surface area contributed by atoms with E-state index in [9.17, 15) is 4.79 Å². The number of hydrogen-bond donors (Lipinski definition) is 2. The molecule has 2 aromatic heterocycles. The van der Waals surface area contributed by atoms with E-state index in [4.69, 9.17) is 12.2 Å². The number of aryl methyl sites for hydroxylation is 2. The van der Waals surface area contributed by atoms with Crippen LogP contribution in [0.4, 0.5) is 5.69 Å². The smallest absolute Gasteiger partial charge is 0.226 e. The van der Waals surface area contributed by atoms with Crippen molar-refractivity contribution in [2.75, 3.05) is 11.9 Å². The molecule has 1 saturated heterocycles. The van der Waals surface area contributed by atoms with Gasteiger partial charge in [0.25, 0.3) is 0 Å². The molecule has 2 atom stereocenters. The number of benzene rings is 2. The normalized spacial score (nSPS) is 16.9. The minimum absolute atomic E-state index is 0.0459. The predicted molar refractivity (Wildman–Crippen MR) is 160 cm³/mol. The molecule has 0 bridgehead atoms. The molecule has 38 heavy (non-hydrogen) atoms. The van der Waals surface area contributed by atoms with Gasteiger partial charge in [0.15, 0.2) is 5.11 Å². The average Bonchev–Trinajstić information content (AvgIpc) is 3.39. The summed E-state index contributed by atoms with van der Waals surface area (Å²) >= 11 is 9.55. The van der Waals surface area contributed by atoms with E-state index in [0.29, 0.717) is 18.1 Å². The molecular formula is C30H30BrN5OS. The molecule has 1 aliphatic heterocycles. The number of halogens is 1. The van der Waals surface area contributed by atoms with Crippen molar-refractivity contribution in [3.05, 3.63) is 112 Å². The molecule has 0 saturated carbocycles. The summed E-state index contributed by atoms with van der Waals surface area (Å²) in [5.41, 5.74) is 7.35. The van der Waals surface area contributed by atoms with Crippen molar-refractivity contribution in [1.82, 2.24) is 19.8 Å². The van der Waals surface area contributed by atoms with E-state index in [2.05, 4.69) is 73.1 Å². The molecule has 0 aliphatic carbocycles. The maximum Gasteiger partial charge on any atom is 0.226 e. The second-order valence-corrected chi connectivity index (χ2v) is 10.8. The van der Waals surface area contributed by atoms with Gasteiger partial charge < -0.3 is 20.1 Å². The lowest BCUT2D eigenvalue weighted by atomic mass is 9.96. The summed E-state index contributed by atoms with van der Waals surface area (Å²) in [6, 6.07) is 23.9. The largest absolute Gasteiger partial charge is 0.352 e. The molecular weight excluding hydrogens is 558 g/mol. The molecule has 1 amide bonds. The zero-order valence-corrected chi connectivity index (χ0v) is 24.0. The van der Waals surface area contributed by atoms with Gasteiger partial charge in [-0.1, -0.05) is 35.9 Å². The third-order valence-corrected chi connectivity index (χ3v) is 8.02. The van der Waals surface area contributed by atoms with E-state index in [1.54, 1.807) is 6.20 Å². The summed E-state index contributed by atoms with van der Waals surface area (Å²) in [5.74, 6) is -0.0459. The Morgan fingerprint density at radius 3 is 2.50 bits per heavy atom. The monoisotopic (exact) mass is 587 g/mol. The fraction of sp³-hybridized carbons (Fsp3) is 0.233. The van der Waals surface area contributed by atoms with Crippen LogP contribution in [-0.4, -0.2) is 32.0 Å². The molecule has 194 valence electrons. The highest BCUT2D eigenvalue weighted by Crippen LogP contribution is 2.42. The van der Waals surface area contributed by atoms with Crippen molar-refractivity contribution in [3.8, 4) is 5.69 Å². The number of thiocarbonyl (C=S) groups is 1. The molecule has 6 nitrogen and oxygen atoms in total. The lowest BCUT2D eigenvalue weighted by Gasteiger charge is -2.28. The SMILES string of the molecule is Cc1ccc(NC(=O)CCN2C(=S)NC(c3ccccn3)C2c2cc(C)n(-c3ccccc3Br)c2C)cc1. The number of aromatic nitrogens is 2. The Morgan fingerprint density at radius 1 is 1.05 bits per heavy atom. The lowest BCUT2D eigenvalue weighted by Crippen LogP contribution is -2.32. The van der Waals surface area contributed by atoms with Crippen molar-refractivity contribution < 1.29 is 4.79 Å². The molecule has 4 aromatic rings. The van der Waals surface area contributed by atoms with Crippen molar-refractivity contribution in [1.29, 1.82) is 0 Å². The van der Waals surface area contributed by atoms with Crippen molar-refractivity contribution in [3.63, 3.8) is 0 Å². The minimum Gasteiger partial charge on any atom is -0.352 e. The van der Waals surface area contributed by atoms with Crippen LogP contribution in [0, 0.1) is 20.8 Å². The van der Waals surface area contributed by atoms with Gasteiger partial charge in [-0.15, -0.1) is 0 Å². The third-order valence-electron chi connectivity index (χ3n) is 7.00. The van der Waals surface area contributed by atoms with Gasteiger partial charge in [-0.3, -0.25) is 9.78 Å². The van der Waals surface area contributed by atoms with E-state index in [0.717, 1.165) is 44.1 Å². The Balaban J connectivity index is 1.47. The van der Waals surface area contributed by atoms with Crippen LogP contribution in [0.5, 0.6) is 0 Å². The van der Waals surface area contributed by atoms with Crippen molar-refractivity contribution in [2.24, 2.45) is 0 Å². The summed E-state index contributed by atoms with van der Waals surface area (Å²) in [4.78, 5) is 19.7. The highest BCUT2D eigenvalue weighted by atomic mass is 79.9. The quantitative estimate of drug-likeness (QED) is 0.240. The molecule has 1 aliphatic rings. The van der Waals surface area contributed by atoms with Crippen LogP contribution in [0.3, 0.4) is 0 Å². The van der Waals surface area contributed by atoms with E-state index in [1.165, 1.54) is 0 Å². The highest BCUT2D eigenvalue weighted by molar-refractivity contribution is 9.10. The maximum absolute atomic E-state index is 12.9. The molecule has 5 rings (SSSR count). The minimum atomic E-state index is -0.142.